The lowest BCUT2D eigenvalue weighted by molar-refractivity contribution is -0.343. The van der Waals surface area contributed by atoms with Crippen molar-refractivity contribution in [1.82, 2.24) is 4.90 Å². The lowest BCUT2D eigenvalue weighted by Crippen LogP contribution is -2.55. The molecule has 1 N–H and O–H groups in total. The van der Waals surface area contributed by atoms with E-state index in [1.807, 2.05) is 52.9 Å². The summed E-state index contributed by atoms with van der Waals surface area (Å²) < 4.78 is 86.6. The molecular formula is C24H25F6NO3S. The number of halogens is 6. The van der Waals surface area contributed by atoms with Gasteiger partial charge in [-0.25, -0.2) is 0 Å². The number of allylic oxidation sites excluding steroid dienone is 1. The van der Waals surface area contributed by atoms with Gasteiger partial charge in [-0.05, 0) is 58.6 Å². The van der Waals surface area contributed by atoms with Gasteiger partial charge in [0.25, 0.3) is 0 Å². The Balaban J connectivity index is 1.71. The Morgan fingerprint density at radius 3 is 2.40 bits per heavy atom. The summed E-state index contributed by atoms with van der Waals surface area (Å²) >= 11 is 1.61. The molecule has 1 aromatic heterocycles. The molecule has 0 fully saturated rings. The molecule has 0 saturated heterocycles. The second-order valence-electron chi connectivity index (χ2n) is 7.27. The largest absolute Gasteiger partial charge is 0.491 e. The van der Waals surface area contributed by atoms with Crippen LogP contribution in [0.25, 0.3) is 11.1 Å². The van der Waals surface area contributed by atoms with Crippen LogP contribution in [0, 0.1) is 11.8 Å². The quantitative estimate of drug-likeness (QED) is 0.239. The fraction of sp³-hybridized carbons (Fsp3) is 0.417. The Hall–Kier alpha value is -2.52. The fourth-order valence-corrected chi connectivity index (χ4v) is 3.46. The van der Waals surface area contributed by atoms with E-state index in [1.54, 1.807) is 17.3 Å². The molecule has 0 aliphatic heterocycles. The van der Waals surface area contributed by atoms with Gasteiger partial charge in [0, 0.05) is 13.1 Å². The van der Waals surface area contributed by atoms with Crippen molar-refractivity contribution < 1.29 is 40.9 Å². The molecule has 2 rings (SSSR count). The zero-order chi connectivity index (χ0) is 26.0. The Kier molecular flexibility index (Phi) is 10.6. The summed E-state index contributed by atoms with van der Waals surface area (Å²) in [6.45, 7) is 4.17. The van der Waals surface area contributed by atoms with E-state index >= 15 is 0 Å². The van der Waals surface area contributed by atoms with Crippen LogP contribution in [0.3, 0.4) is 0 Å². The molecule has 0 amide bonds. The van der Waals surface area contributed by atoms with Crippen LogP contribution in [0.2, 0.25) is 0 Å². The zero-order valence-electron chi connectivity index (χ0n) is 18.8. The number of nitrogens with zero attached hydrogens (tertiary/aromatic N) is 1. The van der Waals surface area contributed by atoms with Gasteiger partial charge in [0.15, 0.2) is 0 Å². The van der Waals surface area contributed by atoms with E-state index in [0.29, 0.717) is 32.9 Å². The van der Waals surface area contributed by atoms with Crippen LogP contribution in [-0.4, -0.2) is 67.4 Å². The summed E-state index contributed by atoms with van der Waals surface area (Å²) in [5, 5.41) is 13.0. The number of ether oxygens (including phenoxy) is 2. The number of alkyl halides is 6. The molecule has 4 nitrogen and oxygen atoms in total. The maximum atomic E-state index is 12.6. The van der Waals surface area contributed by atoms with Gasteiger partial charge < -0.3 is 14.6 Å². The summed E-state index contributed by atoms with van der Waals surface area (Å²) in [5.74, 6) is 3.23. The smallest absolute Gasteiger partial charge is 0.438 e. The lowest BCUT2D eigenvalue weighted by Gasteiger charge is -2.27. The Bertz CT molecular complexity index is 979. The minimum absolute atomic E-state index is 0.233. The van der Waals surface area contributed by atoms with Gasteiger partial charge in [-0.1, -0.05) is 31.1 Å². The molecule has 0 unspecified atom stereocenters. The van der Waals surface area contributed by atoms with Gasteiger partial charge >= 0.3 is 18.0 Å². The summed E-state index contributed by atoms with van der Waals surface area (Å²) in [6.07, 6.45) is -9.76. The maximum absolute atomic E-state index is 12.6. The first-order valence-electron chi connectivity index (χ1n) is 10.6. The molecule has 35 heavy (non-hydrogen) atoms. The number of thiophene rings is 1. The van der Waals surface area contributed by atoms with Crippen molar-refractivity contribution in [3.8, 4) is 28.7 Å². The van der Waals surface area contributed by atoms with E-state index in [-0.39, 0.29) is 6.54 Å². The van der Waals surface area contributed by atoms with Crippen LogP contribution >= 0.6 is 11.3 Å². The molecule has 0 radical (unpaired) electrons. The normalized spacial score (nSPS) is 12.7. The predicted molar refractivity (Wildman–Crippen MR) is 122 cm³/mol. The standard InChI is InChI=1S/C24H25F6NO3S/c1-2-31(11-5-3-4-10-22(32,23(25,26)27)24(28,29)30)12-13-33-14-15-34-21-8-6-7-19(17-21)20-9-16-35-18-20/h3,5-9,16-18,32H,2,11-15H2,1H3. The molecule has 2 aromatic rings. The van der Waals surface area contributed by atoms with E-state index in [9.17, 15) is 26.3 Å². The van der Waals surface area contributed by atoms with Crippen LogP contribution in [0.1, 0.15) is 6.92 Å². The molecule has 11 heteroatoms. The minimum Gasteiger partial charge on any atom is -0.491 e. The average Bonchev–Trinajstić information content (AvgIpc) is 3.33. The maximum Gasteiger partial charge on any atom is 0.438 e. The first-order chi connectivity index (χ1) is 16.5. The van der Waals surface area contributed by atoms with Gasteiger partial charge in [-0.15, -0.1) is 0 Å². The molecule has 0 atom stereocenters. The Labute approximate surface area is 203 Å². The number of hydrogen-bond donors (Lipinski definition) is 1. The van der Waals surface area contributed by atoms with E-state index in [1.165, 1.54) is 6.08 Å². The molecule has 1 heterocycles. The Morgan fingerprint density at radius 1 is 1.03 bits per heavy atom. The molecule has 0 aliphatic carbocycles. The monoisotopic (exact) mass is 521 g/mol. The number of rotatable bonds is 11. The summed E-state index contributed by atoms with van der Waals surface area (Å²) in [5.41, 5.74) is -2.90. The van der Waals surface area contributed by atoms with Crippen molar-refractivity contribution in [2.45, 2.75) is 24.9 Å². The number of likely N-dealkylation sites (N-methyl/N-ethyl adjacent to an activating group) is 1. The van der Waals surface area contributed by atoms with Crippen molar-refractivity contribution in [3.05, 3.63) is 53.2 Å². The highest BCUT2D eigenvalue weighted by Gasteiger charge is 2.70. The predicted octanol–water partition coefficient (Wildman–Crippen LogP) is 5.55. The van der Waals surface area contributed by atoms with Crippen molar-refractivity contribution in [1.29, 1.82) is 0 Å². The minimum atomic E-state index is -5.96. The van der Waals surface area contributed by atoms with Crippen molar-refractivity contribution in [3.63, 3.8) is 0 Å². The molecule has 0 saturated carbocycles. The van der Waals surface area contributed by atoms with E-state index in [2.05, 4.69) is 0 Å². The van der Waals surface area contributed by atoms with Crippen molar-refractivity contribution in [2.24, 2.45) is 0 Å². The highest BCUT2D eigenvalue weighted by molar-refractivity contribution is 7.08. The van der Waals surface area contributed by atoms with Gasteiger partial charge in [-0.2, -0.15) is 37.7 Å². The summed E-state index contributed by atoms with van der Waals surface area (Å²) in [4.78, 5) is 1.85. The Morgan fingerprint density at radius 2 is 1.77 bits per heavy atom. The van der Waals surface area contributed by atoms with Crippen LogP contribution in [-0.2, 0) is 4.74 Å². The second-order valence-corrected chi connectivity index (χ2v) is 8.05. The van der Waals surface area contributed by atoms with Crippen LogP contribution < -0.4 is 4.74 Å². The molecule has 0 spiro atoms. The second kappa shape index (κ2) is 13.0. The third-order valence-corrected chi connectivity index (χ3v) is 5.51. The van der Waals surface area contributed by atoms with Gasteiger partial charge in [0.1, 0.15) is 12.4 Å². The van der Waals surface area contributed by atoms with E-state index < -0.39 is 18.0 Å². The van der Waals surface area contributed by atoms with E-state index in [4.69, 9.17) is 14.6 Å². The average molecular weight is 522 g/mol. The molecule has 0 aliphatic rings. The third kappa shape index (κ3) is 8.58. The van der Waals surface area contributed by atoms with Gasteiger partial charge in [-0.3, -0.25) is 4.90 Å². The van der Waals surface area contributed by atoms with E-state index in [0.717, 1.165) is 28.9 Å². The highest BCUT2D eigenvalue weighted by atomic mass is 32.1. The van der Waals surface area contributed by atoms with Crippen LogP contribution in [0.15, 0.2) is 53.2 Å². The zero-order valence-corrected chi connectivity index (χ0v) is 19.6. The van der Waals surface area contributed by atoms with Crippen molar-refractivity contribution in [2.75, 3.05) is 39.5 Å². The number of aliphatic hydroxyl groups is 1. The molecule has 0 bridgehead atoms. The molecular weight excluding hydrogens is 496 g/mol. The first kappa shape index (κ1) is 28.7. The fourth-order valence-electron chi connectivity index (χ4n) is 2.80. The first-order valence-corrected chi connectivity index (χ1v) is 11.5. The molecule has 1 aromatic carbocycles. The topological polar surface area (TPSA) is 41.9 Å². The van der Waals surface area contributed by atoms with Crippen LogP contribution in [0.5, 0.6) is 5.75 Å². The number of hydrogen-bond acceptors (Lipinski definition) is 5. The summed E-state index contributed by atoms with van der Waals surface area (Å²) in [7, 11) is 0. The number of benzene rings is 1. The van der Waals surface area contributed by atoms with Crippen LogP contribution in [0.4, 0.5) is 26.3 Å². The highest BCUT2D eigenvalue weighted by Crippen LogP contribution is 2.42. The third-order valence-electron chi connectivity index (χ3n) is 4.82. The summed E-state index contributed by atoms with van der Waals surface area (Å²) in [6, 6.07) is 9.73. The van der Waals surface area contributed by atoms with Gasteiger partial charge in [0.05, 0.1) is 13.2 Å². The van der Waals surface area contributed by atoms with Crippen molar-refractivity contribution >= 4 is 11.3 Å². The lowest BCUT2D eigenvalue weighted by atomic mass is 10.0. The molecule has 192 valence electrons. The van der Waals surface area contributed by atoms with Gasteiger partial charge in [0.2, 0.25) is 0 Å². The SMILES string of the molecule is CCN(CC=CC#CC(O)(C(F)(F)F)C(F)(F)F)CCOCCOc1cccc(-c2ccsc2)c1.